The Morgan fingerprint density at radius 1 is 1.03 bits per heavy atom. The number of aryl methyl sites for hydroxylation is 2. The molecule has 4 aromatic rings. The molecular formula is C27H26N2O5S. The lowest BCUT2D eigenvalue weighted by molar-refractivity contribution is -0.116. The molecule has 1 N–H and O–H groups in total. The smallest absolute Gasteiger partial charge is 0.244 e. The van der Waals surface area contributed by atoms with Gasteiger partial charge in [-0.25, -0.2) is 8.42 Å². The first-order valence-electron chi connectivity index (χ1n) is 11.1. The van der Waals surface area contributed by atoms with E-state index in [9.17, 15) is 18.0 Å². The van der Waals surface area contributed by atoms with Crippen molar-refractivity contribution in [2.45, 2.75) is 36.6 Å². The van der Waals surface area contributed by atoms with Crippen molar-refractivity contribution < 1.29 is 17.9 Å². The molecule has 0 saturated carbocycles. The fraction of sp³-hybridized carbons (Fsp3) is 0.185. The number of aromatic nitrogens is 1. The van der Waals surface area contributed by atoms with Crippen LogP contribution in [-0.2, 0) is 27.6 Å². The summed E-state index contributed by atoms with van der Waals surface area (Å²) in [5.74, 6) is 0.110. The van der Waals surface area contributed by atoms with Crippen LogP contribution in [0.15, 0.2) is 87.5 Å². The van der Waals surface area contributed by atoms with Crippen LogP contribution in [0.5, 0.6) is 5.75 Å². The van der Waals surface area contributed by atoms with E-state index in [2.05, 4.69) is 5.32 Å². The molecule has 0 fully saturated rings. The monoisotopic (exact) mass is 490 g/mol. The highest BCUT2D eigenvalue weighted by atomic mass is 32.2. The quantitative estimate of drug-likeness (QED) is 0.416. The number of sulfone groups is 1. The zero-order valence-corrected chi connectivity index (χ0v) is 20.6. The molecule has 4 rings (SSSR count). The van der Waals surface area contributed by atoms with E-state index in [-0.39, 0.29) is 21.7 Å². The largest absolute Gasteiger partial charge is 0.495 e. The predicted molar refractivity (Wildman–Crippen MR) is 136 cm³/mol. The van der Waals surface area contributed by atoms with E-state index in [1.807, 2.05) is 19.9 Å². The van der Waals surface area contributed by atoms with Gasteiger partial charge in [0.15, 0.2) is 0 Å². The van der Waals surface area contributed by atoms with Gasteiger partial charge >= 0.3 is 0 Å². The lowest BCUT2D eigenvalue weighted by Crippen LogP contribution is -2.24. The summed E-state index contributed by atoms with van der Waals surface area (Å²) in [6, 6.07) is 18.6. The molecule has 0 spiro atoms. The molecule has 8 heteroatoms. The normalized spacial score (nSPS) is 11.4. The summed E-state index contributed by atoms with van der Waals surface area (Å²) in [5, 5.41) is 3.05. The number of fused-ring (bicyclic) bond motifs is 1. The van der Waals surface area contributed by atoms with Crippen LogP contribution in [0, 0.1) is 6.92 Å². The number of hydrogen-bond donors (Lipinski definition) is 1. The Balaban J connectivity index is 1.83. The fourth-order valence-electron chi connectivity index (χ4n) is 3.90. The molecule has 0 aliphatic rings. The van der Waals surface area contributed by atoms with Crippen LogP contribution in [0.1, 0.15) is 18.1 Å². The van der Waals surface area contributed by atoms with Gasteiger partial charge in [0.2, 0.25) is 21.2 Å². The molecule has 7 nitrogen and oxygen atoms in total. The van der Waals surface area contributed by atoms with E-state index >= 15 is 0 Å². The highest BCUT2D eigenvalue weighted by molar-refractivity contribution is 7.91. The highest BCUT2D eigenvalue weighted by Crippen LogP contribution is 2.25. The summed E-state index contributed by atoms with van der Waals surface area (Å²) in [5.41, 5.74) is 2.18. The Bertz CT molecular complexity index is 1570. The molecule has 1 heterocycles. The number of ether oxygens (including phenoxy) is 1. The van der Waals surface area contributed by atoms with Crippen LogP contribution < -0.4 is 15.5 Å². The second-order valence-corrected chi connectivity index (χ2v) is 10.1. The molecular weight excluding hydrogens is 464 g/mol. The molecule has 1 amide bonds. The Labute approximate surface area is 203 Å². The van der Waals surface area contributed by atoms with Gasteiger partial charge in [-0.2, -0.15) is 0 Å². The van der Waals surface area contributed by atoms with Crippen molar-refractivity contribution in [1.82, 2.24) is 4.57 Å². The molecule has 0 saturated heterocycles. The highest BCUT2D eigenvalue weighted by Gasteiger charge is 2.24. The lowest BCUT2D eigenvalue weighted by Gasteiger charge is -2.15. The van der Waals surface area contributed by atoms with Gasteiger partial charge < -0.3 is 14.6 Å². The van der Waals surface area contributed by atoms with Gasteiger partial charge in [0.25, 0.3) is 0 Å². The van der Waals surface area contributed by atoms with Gasteiger partial charge in [0.1, 0.15) is 17.2 Å². The zero-order valence-electron chi connectivity index (χ0n) is 19.7. The predicted octanol–water partition coefficient (Wildman–Crippen LogP) is 4.35. The van der Waals surface area contributed by atoms with Gasteiger partial charge in [0, 0.05) is 11.6 Å². The summed E-state index contributed by atoms with van der Waals surface area (Å²) in [4.78, 5) is 26.0. The summed E-state index contributed by atoms with van der Waals surface area (Å²) < 4.78 is 33.7. The van der Waals surface area contributed by atoms with Crippen molar-refractivity contribution in [3.05, 3.63) is 94.3 Å². The van der Waals surface area contributed by atoms with E-state index in [0.717, 1.165) is 11.1 Å². The average Bonchev–Trinajstić information content (AvgIpc) is 2.86. The summed E-state index contributed by atoms with van der Waals surface area (Å²) >= 11 is 0. The standard InChI is InChI=1S/C27H26N2O5S/c1-4-19-11-14-23-21(15-19)27(31)25(35(32,33)20-12-9-18(2)10-13-20)16-29(23)17-26(30)28-22-7-5-6-8-24(22)34-3/h5-16H,4,17H2,1-3H3,(H,28,30). The van der Waals surface area contributed by atoms with Crippen LogP contribution in [0.25, 0.3) is 10.9 Å². The number of nitrogens with one attached hydrogen (secondary N) is 1. The molecule has 0 bridgehead atoms. The number of pyridine rings is 1. The second kappa shape index (κ2) is 9.76. The van der Waals surface area contributed by atoms with Crippen molar-refractivity contribution in [2.24, 2.45) is 0 Å². The number of anilines is 1. The molecule has 0 atom stereocenters. The minimum Gasteiger partial charge on any atom is -0.495 e. The van der Waals surface area contributed by atoms with E-state index in [1.165, 1.54) is 30.0 Å². The molecule has 3 aromatic carbocycles. The SMILES string of the molecule is CCc1ccc2c(c1)c(=O)c(S(=O)(=O)c1ccc(C)cc1)cn2CC(=O)Nc1ccccc1OC. The number of hydrogen-bond acceptors (Lipinski definition) is 5. The third-order valence-electron chi connectivity index (χ3n) is 5.84. The third-order valence-corrected chi connectivity index (χ3v) is 7.60. The maximum absolute atomic E-state index is 13.4. The van der Waals surface area contributed by atoms with Gasteiger partial charge in [-0.15, -0.1) is 0 Å². The molecule has 0 aliphatic carbocycles. The molecule has 0 radical (unpaired) electrons. The van der Waals surface area contributed by atoms with Gasteiger partial charge in [-0.1, -0.05) is 42.8 Å². The summed E-state index contributed by atoms with van der Waals surface area (Å²) in [6.07, 6.45) is 1.94. The summed E-state index contributed by atoms with van der Waals surface area (Å²) in [6.45, 7) is 3.61. The van der Waals surface area contributed by atoms with Gasteiger partial charge in [0.05, 0.1) is 23.2 Å². The number of amides is 1. The minimum atomic E-state index is -4.11. The van der Waals surface area contributed by atoms with E-state index < -0.39 is 21.2 Å². The molecule has 0 unspecified atom stereocenters. The van der Waals surface area contributed by atoms with E-state index in [0.29, 0.717) is 23.4 Å². The number of rotatable bonds is 7. The first-order chi connectivity index (χ1) is 16.7. The number of methoxy groups -OCH3 is 1. The first-order valence-corrected chi connectivity index (χ1v) is 12.6. The van der Waals surface area contributed by atoms with Crippen molar-refractivity contribution in [2.75, 3.05) is 12.4 Å². The van der Waals surface area contributed by atoms with E-state index in [1.54, 1.807) is 48.5 Å². The van der Waals surface area contributed by atoms with Crippen LogP contribution in [0.2, 0.25) is 0 Å². The number of carbonyl (C=O) groups is 1. The molecule has 0 aliphatic heterocycles. The van der Waals surface area contributed by atoms with Crippen LogP contribution >= 0.6 is 0 Å². The van der Waals surface area contributed by atoms with Crippen LogP contribution in [-0.4, -0.2) is 26.0 Å². The Morgan fingerprint density at radius 3 is 2.43 bits per heavy atom. The zero-order chi connectivity index (χ0) is 25.2. The molecule has 180 valence electrons. The topological polar surface area (TPSA) is 94.5 Å². The van der Waals surface area contributed by atoms with Crippen molar-refractivity contribution >= 4 is 32.3 Å². The van der Waals surface area contributed by atoms with Gasteiger partial charge in [-0.05, 0) is 55.3 Å². The van der Waals surface area contributed by atoms with Crippen LogP contribution in [0.3, 0.4) is 0 Å². The van der Waals surface area contributed by atoms with Crippen LogP contribution in [0.4, 0.5) is 5.69 Å². The lowest BCUT2D eigenvalue weighted by atomic mass is 10.1. The van der Waals surface area contributed by atoms with E-state index in [4.69, 9.17) is 4.74 Å². The fourth-order valence-corrected chi connectivity index (χ4v) is 5.27. The van der Waals surface area contributed by atoms with Crippen molar-refractivity contribution in [1.29, 1.82) is 0 Å². The molecule has 35 heavy (non-hydrogen) atoms. The Morgan fingerprint density at radius 2 is 1.74 bits per heavy atom. The summed E-state index contributed by atoms with van der Waals surface area (Å²) in [7, 11) is -2.60. The number of nitrogens with zero attached hydrogens (tertiary/aromatic N) is 1. The Kier molecular flexibility index (Phi) is 6.75. The number of carbonyl (C=O) groups excluding carboxylic acids is 1. The average molecular weight is 491 g/mol. The maximum atomic E-state index is 13.4. The minimum absolute atomic E-state index is 0.0243. The second-order valence-electron chi connectivity index (χ2n) is 8.22. The maximum Gasteiger partial charge on any atom is 0.244 e. The van der Waals surface area contributed by atoms with Crippen molar-refractivity contribution in [3.8, 4) is 5.75 Å². The van der Waals surface area contributed by atoms with Crippen molar-refractivity contribution in [3.63, 3.8) is 0 Å². The first kappa shape index (κ1) is 24.2. The number of benzene rings is 3. The third kappa shape index (κ3) is 4.83. The Hall–Kier alpha value is -3.91. The molecule has 1 aromatic heterocycles. The van der Waals surface area contributed by atoms with Gasteiger partial charge in [-0.3, -0.25) is 9.59 Å². The number of para-hydroxylation sites is 2.